The maximum absolute atomic E-state index is 12.1. The van der Waals surface area contributed by atoms with Crippen LogP contribution in [-0.2, 0) is 16.0 Å². The van der Waals surface area contributed by atoms with E-state index in [1.807, 2.05) is 0 Å². The lowest BCUT2D eigenvalue weighted by Crippen LogP contribution is -2.50. The van der Waals surface area contributed by atoms with Crippen LogP contribution in [0.25, 0.3) is 11.0 Å². The molecule has 3 rings (SSSR count). The molecule has 0 unspecified atom stereocenters. The van der Waals surface area contributed by atoms with Gasteiger partial charge in [0.05, 0.1) is 12.0 Å². The third kappa shape index (κ3) is 5.11. The average molecular weight is 401 g/mol. The van der Waals surface area contributed by atoms with Crippen molar-refractivity contribution in [2.45, 2.75) is 12.5 Å². The van der Waals surface area contributed by atoms with E-state index in [0.717, 1.165) is 0 Å². The van der Waals surface area contributed by atoms with E-state index < -0.39 is 30.2 Å². The Hall–Kier alpha value is -3.32. The van der Waals surface area contributed by atoms with E-state index >= 15 is 0 Å². The van der Waals surface area contributed by atoms with Gasteiger partial charge in [-0.3, -0.25) is 4.79 Å². The molecule has 0 spiro atoms. The third-order valence-electron chi connectivity index (χ3n) is 3.94. The first-order valence-corrected chi connectivity index (χ1v) is 8.70. The van der Waals surface area contributed by atoms with E-state index in [0.29, 0.717) is 27.3 Å². The lowest BCUT2D eigenvalue weighted by Gasteiger charge is -2.20. The molecule has 0 aliphatic carbocycles. The summed E-state index contributed by atoms with van der Waals surface area (Å²) >= 11 is 5.80. The number of nitrogens with one attached hydrogen (secondary N) is 1. The summed E-state index contributed by atoms with van der Waals surface area (Å²) in [6.45, 7) is -0.410. The lowest BCUT2D eigenvalue weighted by molar-refractivity contribution is -0.308. The van der Waals surface area contributed by atoms with Crippen molar-refractivity contribution in [2.75, 3.05) is 6.61 Å². The molecule has 1 N–H and O–H groups in total. The van der Waals surface area contributed by atoms with Crippen LogP contribution in [0.2, 0.25) is 5.02 Å². The Morgan fingerprint density at radius 2 is 1.82 bits per heavy atom. The number of fused-ring (bicyclic) bond motifs is 1. The van der Waals surface area contributed by atoms with Gasteiger partial charge >= 0.3 is 5.63 Å². The van der Waals surface area contributed by atoms with Gasteiger partial charge in [-0.1, -0.05) is 23.7 Å². The zero-order chi connectivity index (χ0) is 20.1. The van der Waals surface area contributed by atoms with Crippen molar-refractivity contribution in [3.05, 3.63) is 75.6 Å². The molecule has 3 aromatic rings. The van der Waals surface area contributed by atoms with Gasteiger partial charge in [0.15, 0.2) is 6.61 Å². The van der Waals surface area contributed by atoms with Crippen LogP contribution >= 0.6 is 11.6 Å². The van der Waals surface area contributed by atoms with E-state index in [1.54, 1.807) is 42.5 Å². The number of carbonyl (C=O) groups is 2. The summed E-state index contributed by atoms with van der Waals surface area (Å²) in [6, 6.07) is 13.1. The summed E-state index contributed by atoms with van der Waals surface area (Å²) in [7, 11) is 0. The second kappa shape index (κ2) is 8.58. The normalized spacial score (nSPS) is 11.8. The number of aliphatic carboxylic acids is 1. The molecule has 0 aliphatic rings. The van der Waals surface area contributed by atoms with E-state index in [1.165, 1.54) is 12.1 Å². The molecule has 1 heterocycles. The smallest absolute Gasteiger partial charge is 0.336 e. The van der Waals surface area contributed by atoms with Crippen LogP contribution in [0, 0.1) is 0 Å². The summed E-state index contributed by atoms with van der Waals surface area (Å²) in [5.41, 5.74) is 0.506. The first kappa shape index (κ1) is 19.4. The van der Waals surface area contributed by atoms with Gasteiger partial charge in [-0.15, -0.1) is 0 Å². The first-order valence-electron chi connectivity index (χ1n) is 8.32. The Balaban J connectivity index is 1.60. The van der Waals surface area contributed by atoms with Crippen molar-refractivity contribution in [3.8, 4) is 5.75 Å². The summed E-state index contributed by atoms with van der Waals surface area (Å²) in [4.78, 5) is 34.7. The van der Waals surface area contributed by atoms with Gasteiger partial charge in [0.2, 0.25) is 0 Å². The van der Waals surface area contributed by atoms with Crippen LogP contribution < -0.4 is 20.8 Å². The quantitative estimate of drug-likeness (QED) is 0.599. The molecule has 1 atom stereocenters. The lowest BCUT2D eigenvalue weighted by atomic mass is 10.1. The highest BCUT2D eigenvalue weighted by Gasteiger charge is 2.15. The highest BCUT2D eigenvalue weighted by atomic mass is 35.5. The Kier molecular flexibility index (Phi) is 5.96. The molecule has 0 aliphatic heterocycles. The fourth-order valence-electron chi connectivity index (χ4n) is 2.57. The molecule has 1 amide bonds. The predicted octanol–water partition coefficient (Wildman–Crippen LogP) is 1.30. The Labute approximate surface area is 164 Å². The Morgan fingerprint density at radius 1 is 1.11 bits per heavy atom. The molecule has 28 heavy (non-hydrogen) atoms. The second-order valence-electron chi connectivity index (χ2n) is 6.01. The summed E-state index contributed by atoms with van der Waals surface area (Å²) < 4.78 is 10.4. The fourth-order valence-corrected chi connectivity index (χ4v) is 2.69. The largest absolute Gasteiger partial charge is 0.548 e. The van der Waals surface area contributed by atoms with Gasteiger partial charge in [0, 0.05) is 22.5 Å². The van der Waals surface area contributed by atoms with Gasteiger partial charge in [-0.25, -0.2) is 4.79 Å². The van der Waals surface area contributed by atoms with E-state index in [-0.39, 0.29) is 6.42 Å². The molecule has 0 bridgehead atoms. The van der Waals surface area contributed by atoms with Crippen molar-refractivity contribution in [1.82, 2.24) is 5.32 Å². The first-order chi connectivity index (χ1) is 13.4. The molecule has 1 aromatic heterocycles. The molecule has 0 saturated carbocycles. The van der Waals surface area contributed by atoms with Crippen LogP contribution in [0.1, 0.15) is 5.56 Å². The van der Waals surface area contributed by atoms with Gasteiger partial charge < -0.3 is 24.4 Å². The molecular weight excluding hydrogens is 386 g/mol. The summed E-state index contributed by atoms with van der Waals surface area (Å²) in [5, 5.41) is 14.9. The number of rotatable bonds is 7. The van der Waals surface area contributed by atoms with Crippen LogP contribution in [0.4, 0.5) is 0 Å². The van der Waals surface area contributed by atoms with Crippen molar-refractivity contribution in [2.24, 2.45) is 0 Å². The fraction of sp³-hybridized carbons (Fsp3) is 0.150. The maximum atomic E-state index is 12.1. The van der Waals surface area contributed by atoms with E-state index in [2.05, 4.69) is 5.32 Å². The Bertz CT molecular complexity index is 1060. The van der Waals surface area contributed by atoms with E-state index in [4.69, 9.17) is 20.8 Å². The van der Waals surface area contributed by atoms with Crippen molar-refractivity contribution in [3.63, 3.8) is 0 Å². The highest BCUT2D eigenvalue weighted by Crippen LogP contribution is 2.19. The van der Waals surface area contributed by atoms with E-state index in [9.17, 15) is 19.5 Å². The number of ether oxygens (including phenoxy) is 1. The van der Waals surface area contributed by atoms with Crippen LogP contribution in [0.5, 0.6) is 5.75 Å². The molecular formula is C20H15ClNO6-. The highest BCUT2D eigenvalue weighted by molar-refractivity contribution is 6.30. The standard InChI is InChI=1S/C20H16ClNO6/c21-14-5-1-12(2-6-14)9-16(20(25)26)22-18(23)11-27-15-7-3-13-4-8-19(24)28-17(13)10-15/h1-8,10,16H,9,11H2,(H,22,23)(H,25,26)/p-1/t16-/m0/s1. The molecule has 7 nitrogen and oxygen atoms in total. The van der Waals surface area contributed by atoms with Gasteiger partial charge in [0.25, 0.3) is 5.91 Å². The van der Waals surface area contributed by atoms with Gasteiger partial charge in [-0.2, -0.15) is 0 Å². The Morgan fingerprint density at radius 3 is 2.54 bits per heavy atom. The molecule has 0 saturated heterocycles. The maximum Gasteiger partial charge on any atom is 0.336 e. The summed E-state index contributed by atoms with van der Waals surface area (Å²) in [5.74, 6) is -1.73. The van der Waals surface area contributed by atoms with Crippen molar-refractivity contribution in [1.29, 1.82) is 0 Å². The minimum atomic E-state index is -1.41. The molecule has 2 aromatic carbocycles. The molecule has 0 radical (unpaired) electrons. The molecule has 0 fully saturated rings. The topological polar surface area (TPSA) is 109 Å². The monoisotopic (exact) mass is 400 g/mol. The van der Waals surface area contributed by atoms with Crippen molar-refractivity contribution < 1.29 is 23.8 Å². The SMILES string of the molecule is O=C(COc1ccc2ccc(=O)oc2c1)N[C@@H](Cc1ccc(Cl)cc1)C(=O)[O-]. The van der Waals surface area contributed by atoms with Crippen LogP contribution in [0.15, 0.2) is 63.8 Å². The predicted molar refractivity (Wildman–Crippen MR) is 100 cm³/mol. The second-order valence-corrected chi connectivity index (χ2v) is 6.45. The number of hydrogen-bond acceptors (Lipinski definition) is 6. The molecule has 144 valence electrons. The minimum Gasteiger partial charge on any atom is -0.548 e. The van der Waals surface area contributed by atoms with Crippen LogP contribution in [-0.4, -0.2) is 24.5 Å². The minimum absolute atomic E-state index is 0.0480. The third-order valence-corrected chi connectivity index (χ3v) is 4.19. The van der Waals surface area contributed by atoms with Crippen molar-refractivity contribution >= 4 is 34.4 Å². The van der Waals surface area contributed by atoms with Crippen LogP contribution in [0.3, 0.4) is 0 Å². The number of halogens is 1. The number of hydrogen-bond donors (Lipinski definition) is 1. The zero-order valence-electron chi connectivity index (χ0n) is 14.5. The average Bonchev–Trinajstić information content (AvgIpc) is 2.67. The number of amides is 1. The number of carbonyl (C=O) groups excluding carboxylic acids is 2. The van der Waals surface area contributed by atoms with Gasteiger partial charge in [-0.05, 0) is 42.3 Å². The van der Waals surface area contributed by atoms with Gasteiger partial charge in [0.1, 0.15) is 11.3 Å². The molecule has 8 heteroatoms. The summed E-state index contributed by atoms with van der Waals surface area (Å²) in [6.07, 6.45) is 0.0480. The zero-order valence-corrected chi connectivity index (χ0v) is 15.3. The number of carboxylic acid groups (broad SMARTS) is 1. The number of benzene rings is 2. The number of carboxylic acids is 1.